The molecular weight excluding hydrogens is 266 g/mol. The van der Waals surface area contributed by atoms with Crippen molar-refractivity contribution in [3.8, 4) is 0 Å². The van der Waals surface area contributed by atoms with E-state index in [1.54, 1.807) is 0 Å². The Kier molecular flexibility index (Phi) is 3.52. The Morgan fingerprint density at radius 2 is 1.85 bits per heavy atom. The van der Waals surface area contributed by atoms with Gasteiger partial charge in [-0.2, -0.15) is 0 Å². The fourth-order valence-corrected chi connectivity index (χ4v) is 3.07. The fourth-order valence-electron chi connectivity index (χ4n) is 2.11. The number of amides is 1. The highest BCUT2D eigenvalue weighted by atomic mass is 32.1. The molecule has 0 radical (unpaired) electrons. The van der Waals surface area contributed by atoms with Crippen LogP contribution in [-0.2, 0) is 6.42 Å². The number of anilines is 1. The molecule has 3 aromatic rings. The van der Waals surface area contributed by atoms with Crippen molar-refractivity contribution in [3.63, 3.8) is 0 Å². The minimum atomic E-state index is -0.0459. The molecule has 0 aliphatic rings. The highest BCUT2D eigenvalue weighted by Gasteiger charge is 2.10. The third kappa shape index (κ3) is 2.58. The lowest BCUT2D eigenvalue weighted by molar-refractivity contribution is 0.103. The molecule has 0 fully saturated rings. The van der Waals surface area contributed by atoms with E-state index in [9.17, 15) is 4.79 Å². The van der Waals surface area contributed by atoms with E-state index < -0.39 is 0 Å². The summed E-state index contributed by atoms with van der Waals surface area (Å²) >= 11 is 1.52. The minimum absolute atomic E-state index is 0.0459. The molecule has 100 valence electrons. The average molecular weight is 281 g/mol. The normalized spacial score (nSPS) is 10.7. The molecule has 3 heteroatoms. The van der Waals surface area contributed by atoms with Crippen LogP contribution in [0.15, 0.2) is 54.6 Å². The molecule has 0 saturated carbocycles. The predicted octanol–water partition coefficient (Wildman–Crippen LogP) is 4.72. The van der Waals surface area contributed by atoms with Crippen LogP contribution >= 0.6 is 11.3 Å². The van der Waals surface area contributed by atoms with Crippen LogP contribution in [0.3, 0.4) is 0 Å². The molecule has 3 rings (SSSR count). The van der Waals surface area contributed by atoms with E-state index >= 15 is 0 Å². The lowest BCUT2D eigenvalue weighted by Gasteiger charge is -2.04. The van der Waals surface area contributed by atoms with Crippen molar-refractivity contribution in [2.75, 3.05) is 5.32 Å². The summed E-state index contributed by atoms with van der Waals surface area (Å²) in [6.45, 7) is 2.12. The van der Waals surface area contributed by atoms with Crippen molar-refractivity contribution in [1.82, 2.24) is 0 Å². The summed E-state index contributed by atoms with van der Waals surface area (Å²) in [6.07, 6.45) is 1.00. The van der Waals surface area contributed by atoms with E-state index in [1.807, 2.05) is 54.6 Å². The number of carbonyl (C=O) groups excluding carboxylic acids is 1. The van der Waals surface area contributed by atoms with E-state index in [-0.39, 0.29) is 5.91 Å². The monoisotopic (exact) mass is 281 g/mol. The summed E-state index contributed by atoms with van der Waals surface area (Å²) in [5, 5.41) is 4.06. The molecule has 2 nitrogen and oxygen atoms in total. The molecule has 0 bridgehead atoms. The van der Waals surface area contributed by atoms with Crippen molar-refractivity contribution in [3.05, 3.63) is 65.0 Å². The second kappa shape index (κ2) is 5.47. The van der Waals surface area contributed by atoms with E-state index in [4.69, 9.17) is 0 Å². The lowest BCUT2D eigenvalue weighted by atomic mass is 10.1. The summed E-state index contributed by atoms with van der Waals surface area (Å²) in [5.41, 5.74) is 2.11. The van der Waals surface area contributed by atoms with Crippen LogP contribution in [0.2, 0.25) is 0 Å². The maximum atomic E-state index is 12.2. The predicted molar refractivity (Wildman–Crippen MR) is 85.6 cm³/mol. The van der Waals surface area contributed by atoms with Crippen LogP contribution < -0.4 is 5.32 Å². The molecule has 1 N–H and O–H groups in total. The van der Waals surface area contributed by atoms with Crippen molar-refractivity contribution in [2.45, 2.75) is 13.3 Å². The Morgan fingerprint density at radius 1 is 1.10 bits per heavy atom. The summed E-state index contributed by atoms with van der Waals surface area (Å²) in [5.74, 6) is -0.0459. The maximum Gasteiger partial charge on any atom is 0.265 e. The summed E-state index contributed by atoms with van der Waals surface area (Å²) in [7, 11) is 0. The molecule has 0 aliphatic carbocycles. The third-order valence-corrected chi connectivity index (χ3v) is 4.38. The van der Waals surface area contributed by atoms with Crippen LogP contribution in [0.5, 0.6) is 0 Å². The minimum Gasteiger partial charge on any atom is -0.321 e. The van der Waals surface area contributed by atoms with Gasteiger partial charge in [0.1, 0.15) is 0 Å². The number of hydrogen-bond acceptors (Lipinski definition) is 2. The molecule has 0 unspecified atom stereocenters. The number of aryl methyl sites for hydroxylation is 1. The molecule has 0 saturated heterocycles. The molecule has 0 atom stereocenters. The van der Waals surface area contributed by atoms with E-state index in [0.717, 1.165) is 27.1 Å². The van der Waals surface area contributed by atoms with Gasteiger partial charge in [0.25, 0.3) is 5.91 Å². The maximum absolute atomic E-state index is 12.2. The Bertz CT molecular complexity index is 710. The zero-order valence-corrected chi connectivity index (χ0v) is 12.0. The summed E-state index contributed by atoms with van der Waals surface area (Å²) in [4.78, 5) is 13.0. The van der Waals surface area contributed by atoms with Gasteiger partial charge in [-0.3, -0.25) is 4.79 Å². The number of carbonyl (C=O) groups is 1. The number of fused-ring (bicyclic) bond motifs is 1. The first-order chi connectivity index (χ1) is 9.76. The third-order valence-electron chi connectivity index (χ3n) is 3.27. The van der Waals surface area contributed by atoms with Crippen LogP contribution in [0.25, 0.3) is 10.1 Å². The van der Waals surface area contributed by atoms with E-state index in [1.165, 1.54) is 16.9 Å². The molecule has 20 heavy (non-hydrogen) atoms. The topological polar surface area (TPSA) is 29.1 Å². The van der Waals surface area contributed by atoms with Crippen molar-refractivity contribution in [2.24, 2.45) is 0 Å². The molecular formula is C17H15NOS. The van der Waals surface area contributed by atoms with Crippen LogP contribution in [0.4, 0.5) is 5.69 Å². The smallest absolute Gasteiger partial charge is 0.265 e. The summed E-state index contributed by atoms with van der Waals surface area (Å²) < 4.78 is 1.14. The van der Waals surface area contributed by atoms with Crippen LogP contribution in [-0.4, -0.2) is 5.91 Å². The number of rotatable bonds is 3. The Labute approximate surface area is 122 Å². The molecule has 2 aromatic carbocycles. The van der Waals surface area contributed by atoms with Crippen LogP contribution in [0, 0.1) is 0 Å². The zero-order valence-electron chi connectivity index (χ0n) is 11.2. The standard InChI is InChI=1S/C17H15NOS/c1-2-12-7-9-14(10-8-12)18-17(19)16-11-13-5-3-4-6-15(13)20-16/h3-11H,2H2,1H3,(H,18,19). The largest absolute Gasteiger partial charge is 0.321 e. The Morgan fingerprint density at radius 3 is 2.55 bits per heavy atom. The van der Waals surface area contributed by atoms with Gasteiger partial charge in [-0.25, -0.2) is 0 Å². The van der Waals surface area contributed by atoms with Crippen molar-refractivity contribution >= 4 is 33.0 Å². The quantitative estimate of drug-likeness (QED) is 0.739. The molecule has 1 aromatic heterocycles. The fraction of sp³-hybridized carbons (Fsp3) is 0.118. The second-order valence-electron chi connectivity index (χ2n) is 4.65. The van der Waals surface area contributed by atoms with Crippen molar-refractivity contribution in [1.29, 1.82) is 0 Å². The first-order valence-corrected chi connectivity index (χ1v) is 7.47. The van der Waals surface area contributed by atoms with E-state index in [0.29, 0.717) is 0 Å². The van der Waals surface area contributed by atoms with Crippen LogP contribution in [0.1, 0.15) is 22.2 Å². The second-order valence-corrected chi connectivity index (χ2v) is 5.74. The summed E-state index contributed by atoms with van der Waals surface area (Å²) in [6, 6.07) is 18.0. The van der Waals surface area contributed by atoms with Gasteiger partial charge in [0.2, 0.25) is 0 Å². The van der Waals surface area contributed by atoms with Gasteiger partial charge in [-0.05, 0) is 41.6 Å². The van der Waals surface area contributed by atoms with Gasteiger partial charge in [0, 0.05) is 10.4 Å². The van der Waals surface area contributed by atoms with Gasteiger partial charge in [-0.15, -0.1) is 11.3 Å². The molecule has 0 aliphatic heterocycles. The highest BCUT2D eigenvalue weighted by Crippen LogP contribution is 2.26. The number of hydrogen-bond donors (Lipinski definition) is 1. The molecule has 1 heterocycles. The Balaban J connectivity index is 1.81. The van der Waals surface area contributed by atoms with E-state index in [2.05, 4.69) is 12.2 Å². The number of nitrogens with one attached hydrogen (secondary N) is 1. The lowest BCUT2D eigenvalue weighted by Crippen LogP contribution is -2.09. The van der Waals surface area contributed by atoms with Crippen molar-refractivity contribution < 1.29 is 4.79 Å². The highest BCUT2D eigenvalue weighted by molar-refractivity contribution is 7.20. The first-order valence-electron chi connectivity index (χ1n) is 6.65. The number of thiophene rings is 1. The van der Waals surface area contributed by atoms with Gasteiger partial charge in [0.05, 0.1) is 4.88 Å². The van der Waals surface area contributed by atoms with Gasteiger partial charge >= 0.3 is 0 Å². The van der Waals surface area contributed by atoms with Gasteiger partial charge in [-0.1, -0.05) is 37.3 Å². The van der Waals surface area contributed by atoms with Gasteiger partial charge in [0.15, 0.2) is 0 Å². The van der Waals surface area contributed by atoms with Gasteiger partial charge < -0.3 is 5.32 Å². The first kappa shape index (κ1) is 12.9. The molecule has 0 spiro atoms. The SMILES string of the molecule is CCc1ccc(NC(=O)c2cc3ccccc3s2)cc1. The average Bonchev–Trinajstić information content (AvgIpc) is 2.92. The zero-order chi connectivity index (χ0) is 13.9. The Hall–Kier alpha value is -2.13. The number of benzene rings is 2. The molecule has 1 amide bonds.